The van der Waals surface area contributed by atoms with E-state index in [0.29, 0.717) is 32.0 Å². The minimum Gasteiger partial charge on any atom is -0.355 e. The Morgan fingerprint density at radius 1 is 1.06 bits per heavy atom. The molecule has 2 N–H and O–H groups in total. The van der Waals surface area contributed by atoms with Gasteiger partial charge in [-0.15, -0.1) is 0 Å². The van der Waals surface area contributed by atoms with Crippen LogP contribution in [0.4, 0.5) is 4.39 Å². The molecule has 0 unspecified atom stereocenters. The Hall–Kier alpha value is -2.73. The van der Waals surface area contributed by atoms with Crippen LogP contribution in [0.3, 0.4) is 0 Å². The van der Waals surface area contributed by atoms with Crippen LogP contribution in [0.2, 0.25) is 0 Å². The molecule has 2 aliphatic rings. The number of benzene rings is 2. The number of hydrogen-bond acceptors (Lipinski definition) is 3. The van der Waals surface area contributed by atoms with Crippen LogP contribution >= 0.6 is 0 Å². The zero-order valence-corrected chi connectivity index (χ0v) is 18.6. The summed E-state index contributed by atoms with van der Waals surface area (Å²) in [5.41, 5.74) is 2.17. The van der Waals surface area contributed by atoms with Gasteiger partial charge < -0.3 is 15.5 Å². The molecule has 0 spiro atoms. The van der Waals surface area contributed by atoms with Gasteiger partial charge in [0.2, 0.25) is 11.8 Å². The third-order valence-corrected chi connectivity index (χ3v) is 6.90. The molecular weight excluding hydrogens is 405 g/mol. The number of fused-ring (bicyclic) bond motifs is 1. The molecule has 6 heteroatoms. The summed E-state index contributed by atoms with van der Waals surface area (Å²) in [5.74, 6) is 0.341. The number of nitrogens with one attached hydrogen (secondary N) is 2. The van der Waals surface area contributed by atoms with Crippen molar-refractivity contribution < 1.29 is 14.0 Å². The van der Waals surface area contributed by atoms with Crippen molar-refractivity contribution in [1.29, 1.82) is 0 Å². The monoisotopic (exact) mass is 437 g/mol. The molecular formula is C26H32FN3O2. The van der Waals surface area contributed by atoms with Crippen LogP contribution in [0, 0.1) is 11.7 Å². The molecule has 2 aromatic carbocycles. The molecule has 4 rings (SSSR count). The fraction of sp³-hybridized carbons (Fsp3) is 0.462. The third-order valence-electron chi connectivity index (χ3n) is 6.90. The number of rotatable bonds is 7. The van der Waals surface area contributed by atoms with Gasteiger partial charge in [0.15, 0.2) is 0 Å². The number of nitrogens with zero attached hydrogens (tertiary/aromatic N) is 1. The van der Waals surface area contributed by atoms with Crippen molar-refractivity contribution in [3.05, 3.63) is 71.5 Å². The molecule has 0 aromatic heterocycles. The summed E-state index contributed by atoms with van der Waals surface area (Å²) in [4.78, 5) is 26.6. The number of hydrogen-bond donors (Lipinski definition) is 2. The average Bonchev–Trinajstić information content (AvgIpc) is 2.80. The molecule has 0 radical (unpaired) electrons. The SMILES string of the molecule is CC(=O)NCCN[C@H]1CCC[C@@H]2[C@H]1[C@@H](c1ccccc1)CC(=O)N2Cc1ccc(F)cc1. The predicted molar refractivity (Wildman–Crippen MR) is 122 cm³/mol. The van der Waals surface area contributed by atoms with Crippen molar-refractivity contribution in [1.82, 2.24) is 15.5 Å². The number of likely N-dealkylation sites (tertiary alicyclic amines) is 1. The Bertz CT molecular complexity index is 918. The first-order chi connectivity index (χ1) is 15.5. The van der Waals surface area contributed by atoms with Crippen molar-refractivity contribution >= 4 is 11.8 Å². The first-order valence-corrected chi connectivity index (χ1v) is 11.6. The fourth-order valence-electron chi connectivity index (χ4n) is 5.51. The van der Waals surface area contributed by atoms with E-state index < -0.39 is 0 Å². The Labute approximate surface area is 189 Å². The number of piperidine rings is 1. The Balaban J connectivity index is 1.58. The zero-order chi connectivity index (χ0) is 22.5. The van der Waals surface area contributed by atoms with Crippen LogP contribution in [0.1, 0.15) is 49.7 Å². The number of carbonyl (C=O) groups is 2. The van der Waals surface area contributed by atoms with E-state index in [2.05, 4.69) is 22.8 Å². The van der Waals surface area contributed by atoms with Crippen LogP contribution < -0.4 is 10.6 Å². The lowest BCUT2D eigenvalue weighted by molar-refractivity contribution is -0.143. The lowest BCUT2D eigenvalue weighted by atomic mass is 9.66. The third kappa shape index (κ3) is 5.18. The van der Waals surface area contributed by atoms with Gasteiger partial charge in [-0.05, 0) is 48.4 Å². The quantitative estimate of drug-likeness (QED) is 0.651. The lowest BCUT2D eigenvalue weighted by Crippen LogP contribution is -2.59. The van der Waals surface area contributed by atoms with Gasteiger partial charge in [-0.3, -0.25) is 9.59 Å². The van der Waals surface area contributed by atoms with E-state index in [4.69, 9.17) is 0 Å². The highest BCUT2D eigenvalue weighted by atomic mass is 19.1. The van der Waals surface area contributed by atoms with E-state index in [1.54, 1.807) is 12.1 Å². The van der Waals surface area contributed by atoms with E-state index >= 15 is 0 Å². The van der Waals surface area contributed by atoms with Gasteiger partial charge in [0.1, 0.15) is 5.82 Å². The maximum absolute atomic E-state index is 13.4. The highest BCUT2D eigenvalue weighted by Crippen LogP contribution is 2.45. The molecule has 5 nitrogen and oxygen atoms in total. The molecule has 2 aromatic rings. The van der Waals surface area contributed by atoms with E-state index in [-0.39, 0.29) is 35.6 Å². The van der Waals surface area contributed by atoms with Crippen LogP contribution in [-0.4, -0.2) is 41.9 Å². The largest absolute Gasteiger partial charge is 0.355 e. The zero-order valence-electron chi connectivity index (χ0n) is 18.6. The van der Waals surface area contributed by atoms with Gasteiger partial charge in [-0.2, -0.15) is 0 Å². The second kappa shape index (κ2) is 10.3. The molecule has 2 amide bonds. The minimum absolute atomic E-state index is 0.0239. The topological polar surface area (TPSA) is 61.4 Å². The summed E-state index contributed by atoms with van der Waals surface area (Å²) in [5, 5.41) is 6.54. The average molecular weight is 438 g/mol. The van der Waals surface area contributed by atoms with Gasteiger partial charge in [-0.25, -0.2) is 4.39 Å². The second-order valence-corrected chi connectivity index (χ2v) is 8.99. The lowest BCUT2D eigenvalue weighted by Gasteiger charge is -2.51. The number of carbonyl (C=O) groups excluding carboxylic acids is 2. The van der Waals surface area contributed by atoms with Crippen molar-refractivity contribution in [3.8, 4) is 0 Å². The van der Waals surface area contributed by atoms with Crippen LogP contribution in [0.25, 0.3) is 0 Å². The summed E-state index contributed by atoms with van der Waals surface area (Å²) in [7, 11) is 0. The molecule has 1 saturated carbocycles. The predicted octanol–water partition coefficient (Wildman–Crippen LogP) is 3.60. The van der Waals surface area contributed by atoms with Crippen molar-refractivity contribution in [2.24, 2.45) is 5.92 Å². The second-order valence-electron chi connectivity index (χ2n) is 8.99. The molecule has 2 fully saturated rings. The summed E-state index contributed by atoms with van der Waals surface area (Å²) >= 11 is 0. The molecule has 170 valence electrons. The van der Waals surface area contributed by atoms with Crippen molar-refractivity contribution in [2.45, 2.75) is 57.2 Å². The van der Waals surface area contributed by atoms with Crippen LogP contribution in [0.15, 0.2) is 54.6 Å². The highest BCUT2D eigenvalue weighted by Gasteiger charge is 2.47. The fourth-order valence-corrected chi connectivity index (χ4v) is 5.51. The summed E-state index contributed by atoms with van der Waals surface area (Å²) in [6.45, 7) is 3.35. The van der Waals surface area contributed by atoms with Crippen molar-refractivity contribution in [2.75, 3.05) is 13.1 Å². The first-order valence-electron chi connectivity index (χ1n) is 11.6. The molecule has 1 aliphatic carbocycles. The maximum Gasteiger partial charge on any atom is 0.223 e. The number of amides is 2. The molecule has 1 saturated heterocycles. The Morgan fingerprint density at radius 2 is 1.81 bits per heavy atom. The standard InChI is InChI=1S/C26H32FN3O2/c1-18(31)28-14-15-29-23-8-5-9-24-26(23)22(20-6-3-2-4-7-20)16-25(32)30(24)17-19-10-12-21(27)13-11-19/h2-4,6-7,10-13,22-24,26,29H,5,8-9,14-17H2,1H3,(H,28,31)/t22-,23+,24-,26+/m1/s1. The van der Waals surface area contributed by atoms with Gasteiger partial charge in [0.05, 0.1) is 0 Å². The molecule has 4 atom stereocenters. The van der Waals surface area contributed by atoms with E-state index in [1.807, 2.05) is 23.1 Å². The van der Waals surface area contributed by atoms with Gasteiger partial charge in [0, 0.05) is 51.0 Å². The minimum atomic E-state index is -0.262. The van der Waals surface area contributed by atoms with E-state index in [9.17, 15) is 14.0 Å². The van der Waals surface area contributed by atoms with Gasteiger partial charge in [0.25, 0.3) is 0 Å². The summed E-state index contributed by atoms with van der Waals surface area (Å²) < 4.78 is 13.4. The normalized spacial score (nSPS) is 25.3. The summed E-state index contributed by atoms with van der Waals surface area (Å²) in [6.07, 6.45) is 3.57. The number of halogens is 1. The summed E-state index contributed by atoms with van der Waals surface area (Å²) in [6, 6.07) is 17.2. The van der Waals surface area contributed by atoms with Crippen molar-refractivity contribution in [3.63, 3.8) is 0 Å². The highest BCUT2D eigenvalue weighted by molar-refractivity contribution is 5.79. The molecule has 1 aliphatic heterocycles. The maximum atomic E-state index is 13.4. The van der Waals surface area contributed by atoms with Gasteiger partial charge >= 0.3 is 0 Å². The molecule has 32 heavy (non-hydrogen) atoms. The van der Waals surface area contributed by atoms with Gasteiger partial charge in [-0.1, -0.05) is 42.5 Å². The molecule has 1 heterocycles. The van der Waals surface area contributed by atoms with Crippen LogP contribution in [0.5, 0.6) is 0 Å². The molecule has 0 bridgehead atoms. The van der Waals surface area contributed by atoms with Crippen LogP contribution in [-0.2, 0) is 16.1 Å². The smallest absolute Gasteiger partial charge is 0.223 e. The van der Waals surface area contributed by atoms with E-state index in [1.165, 1.54) is 24.6 Å². The first kappa shape index (κ1) is 22.5. The Morgan fingerprint density at radius 3 is 2.53 bits per heavy atom. The van der Waals surface area contributed by atoms with E-state index in [0.717, 1.165) is 24.8 Å². The Kier molecular flexibility index (Phi) is 7.20.